The zero-order valence-corrected chi connectivity index (χ0v) is 19.4. The molecule has 1 aromatic heterocycles. The molecule has 1 unspecified atom stereocenters. The lowest BCUT2D eigenvalue weighted by molar-refractivity contribution is -0.139. The summed E-state index contributed by atoms with van der Waals surface area (Å²) in [5, 5.41) is 17.6. The normalized spacial score (nSPS) is 14.7. The second-order valence-corrected chi connectivity index (χ2v) is 8.31. The minimum absolute atomic E-state index is 0.143. The van der Waals surface area contributed by atoms with Crippen LogP contribution in [0.15, 0.2) is 85.2 Å². The van der Waals surface area contributed by atoms with Crippen molar-refractivity contribution in [3.05, 3.63) is 107 Å². The van der Waals surface area contributed by atoms with Crippen LogP contribution >= 0.6 is 0 Å². The summed E-state index contributed by atoms with van der Waals surface area (Å²) in [6.45, 7) is 0.0568. The van der Waals surface area contributed by atoms with Crippen molar-refractivity contribution in [2.45, 2.75) is 19.1 Å². The quantitative estimate of drug-likeness (QED) is 0.422. The predicted molar refractivity (Wildman–Crippen MR) is 130 cm³/mol. The molecule has 1 amide bonds. The van der Waals surface area contributed by atoms with Gasteiger partial charge in [-0.2, -0.15) is 15.0 Å². The van der Waals surface area contributed by atoms with Gasteiger partial charge in [-0.1, -0.05) is 54.6 Å². The van der Waals surface area contributed by atoms with Gasteiger partial charge in [0.25, 0.3) is 0 Å². The van der Waals surface area contributed by atoms with Gasteiger partial charge in [0.2, 0.25) is 0 Å². The number of ether oxygens (including phenoxy) is 2. The number of nitrogens with zero attached hydrogens (tertiary/aromatic N) is 4. The van der Waals surface area contributed by atoms with Crippen molar-refractivity contribution in [1.29, 1.82) is 0 Å². The molecule has 4 aromatic rings. The molecule has 0 spiro atoms. The first kappa shape index (κ1) is 23.1. The van der Waals surface area contributed by atoms with Crippen LogP contribution in [0.5, 0.6) is 5.75 Å². The van der Waals surface area contributed by atoms with Gasteiger partial charge in [0.1, 0.15) is 12.4 Å². The fourth-order valence-corrected chi connectivity index (χ4v) is 4.39. The van der Waals surface area contributed by atoms with E-state index in [1.165, 1.54) is 4.80 Å². The highest BCUT2D eigenvalue weighted by atomic mass is 16.6. The molecule has 3 aromatic carbocycles. The summed E-state index contributed by atoms with van der Waals surface area (Å²) in [5.41, 5.74) is 4.18. The Morgan fingerprint density at radius 1 is 0.944 bits per heavy atom. The molecule has 5 rings (SSSR count). The molecule has 0 radical (unpaired) electrons. The second kappa shape index (κ2) is 10.3. The van der Waals surface area contributed by atoms with Crippen LogP contribution in [-0.4, -0.2) is 50.2 Å². The van der Waals surface area contributed by atoms with Crippen LogP contribution in [0.1, 0.15) is 28.3 Å². The highest BCUT2D eigenvalue weighted by Gasteiger charge is 2.35. The third-order valence-electron chi connectivity index (χ3n) is 6.01. The van der Waals surface area contributed by atoms with E-state index in [0.29, 0.717) is 30.0 Å². The van der Waals surface area contributed by atoms with Crippen LogP contribution in [0.3, 0.4) is 0 Å². The monoisotopic (exact) mass is 484 g/mol. The largest absolute Gasteiger partial charge is 0.482 e. The maximum absolute atomic E-state index is 13.4. The average molecular weight is 485 g/mol. The second-order valence-electron chi connectivity index (χ2n) is 8.31. The number of carbonyl (C=O) groups excluding carboxylic acids is 1. The van der Waals surface area contributed by atoms with Crippen molar-refractivity contribution >= 4 is 12.1 Å². The summed E-state index contributed by atoms with van der Waals surface area (Å²) in [6.07, 6.45) is 3.33. The summed E-state index contributed by atoms with van der Waals surface area (Å²) < 4.78 is 11.4. The molecule has 0 bridgehead atoms. The molecule has 0 fully saturated rings. The number of carbonyl (C=O) groups is 2. The van der Waals surface area contributed by atoms with E-state index in [1.807, 2.05) is 60.7 Å². The Labute approximate surface area is 207 Å². The Balaban J connectivity index is 1.56. The maximum Gasteiger partial charge on any atom is 0.410 e. The van der Waals surface area contributed by atoms with Gasteiger partial charge < -0.3 is 14.6 Å². The third-order valence-corrected chi connectivity index (χ3v) is 6.01. The van der Waals surface area contributed by atoms with Gasteiger partial charge in [-0.05, 0) is 41.3 Å². The van der Waals surface area contributed by atoms with Gasteiger partial charge in [0.15, 0.2) is 6.61 Å². The number of aliphatic carboxylic acids is 1. The number of carboxylic acid groups (broad SMARTS) is 1. The first-order valence-corrected chi connectivity index (χ1v) is 11.5. The van der Waals surface area contributed by atoms with Crippen LogP contribution in [0.4, 0.5) is 4.79 Å². The Morgan fingerprint density at radius 2 is 1.69 bits per heavy atom. The van der Waals surface area contributed by atoms with Crippen molar-refractivity contribution in [3.63, 3.8) is 0 Å². The summed E-state index contributed by atoms with van der Waals surface area (Å²) in [6, 6.07) is 22.1. The number of hydrogen-bond acceptors (Lipinski definition) is 6. The molecule has 1 aliphatic rings. The van der Waals surface area contributed by atoms with Crippen molar-refractivity contribution in [2.24, 2.45) is 0 Å². The Hall–Kier alpha value is -4.66. The topological polar surface area (TPSA) is 107 Å². The minimum Gasteiger partial charge on any atom is -0.482 e. The predicted octanol–water partition coefficient (Wildman–Crippen LogP) is 4.02. The Bertz CT molecular complexity index is 1360. The number of rotatable bonds is 7. The Morgan fingerprint density at radius 3 is 2.47 bits per heavy atom. The zero-order chi connectivity index (χ0) is 24.9. The number of amides is 1. The number of aromatic nitrogens is 3. The van der Waals surface area contributed by atoms with Crippen molar-refractivity contribution in [2.75, 3.05) is 13.2 Å². The summed E-state index contributed by atoms with van der Waals surface area (Å²) >= 11 is 0. The molecule has 9 nitrogen and oxygen atoms in total. The van der Waals surface area contributed by atoms with Crippen molar-refractivity contribution in [1.82, 2.24) is 19.9 Å². The molecule has 1 atom stereocenters. The number of hydrogen-bond donors (Lipinski definition) is 1. The molecule has 2 heterocycles. The van der Waals surface area contributed by atoms with Crippen LogP contribution in [-0.2, 0) is 22.6 Å². The highest BCUT2D eigenvalue weighted by molar-refractivity contribution is 5.71. The van der Waals surface area contributed by atoms with Gasteiger partial charge in [-0.3, -0.25) is 4.90 Å². The van der Waals surface area contributed by atoms with Gasteiger partial charge in [0.05, 0.1) is 24.1 Å². The summed E-state index contributed by atoms with van der Waals surface area (Å²) in [7, 11) is 0. The van der Waals surface area contributed by atoms with Crippen LogP contribution in [0.25, 0.3) is 5.69 Å². The summed E-state index contributed by atoms with van der Waals surface area (Å²) in [4.78, 5) is 27.8. The van der Waals surface area contributed by atoms with E-state index in [4.69, 9.17) is 9.47 Å². The molecule has 0 aliphatic carbocycles. The lowest BCUT2D eigenvalue weighted by atomic mass is 9.88. The first-order valence-electron chi connectivity index (χ1n) is 11.5. The van der Waals surface area contributed by atoms with E-state index in [2.05, 4.69) is 10.2 Å². The molecule has 9 heteroatoms. The fourth-order valence-electron chi connectivity index (χ4n) is 4.39. The van der Waals surface area contributed by atoms with E-state index in [-0.39, 0.29) is 6.61 Å². The van der Waals surface area contributed by atoms with Crippen molar-refractivity contribution < 1.29 is 24.2 Å². The van der Waals surface area contributed by atoms with E-state index >= 15 is 0 Å². The van der Waals surface area contributed by atoms with Crippen LogP contribution in [0.2, 0.25) is 0 Å². The van der Waals surface area contributed by atoms with Gasteiger partial charge in [0, 0.05) is 12.1 Å². The average Bonchev–Trinajstić information content (AvgIpc) is 3.45. The lowest BCUT2D eigenvalue weighted by Gasteiger charge is -2.37. The lowest BCUT2D eigenvalue weighted by Crippen LogP contribution is -2.41. The number of benzene rings is 3. The standard InChI is InChI=1S/C27H24N4O5/c32-25(33)18-35-24-11-10-21(31-28-13-14-29-31)16-23(24)26-22-9-5-4-8-20(22)12-15-30(26)27(34)36-17-19-6-2-1-3-7-19/h1-11,13-14,16,26H,12,15,17-18H2,(H,32,33). The zero-order valence-electron chi connectivity index (χ0n) is 19.4. The van der Waals surface area contributed by atoms with Crippen molar-refractivity contribution in [3.8, 4) is 11.4 Å². The molecule has 1 aliphatic heterocycles. The van der Waals surface area contributed by atoms with Crippen LogP contribution < -0.4 is 4.74 Å². The van der Waals surface area contributed by atoms with Gasteiger partial charge in [-0.25, -0.2) is 9.59 Å². The maximum atomic E-state index is 13.4. The van der Waals surface area contributed by atoms with E-state index < -0.39 is 24.7 Å². The Kier molecular flexibility index (Phi) is 6.61. The molecule has 1 N–H and O–H groups in total. The third kappa shape index (κ3) is 4.90. The number of fused-ring (bicyclic) bond motifs is 1. The minimum atomic E-state index is -1.10. The first-order chi connectivity index (χ1) is 17.6. The molecular formula is C27H24N4O5. The molecule has 0 saturated heterocycles. The van der Waals surface area contributed by atoms with Gasteiger partial charge >= 0.3 is 12.1 Å². The highest BCUT2D eigenvalue weighted by Crippen LogP contribution is 2.40. The van der Waals surface area contributed by atoms with Crippen LogP contribution in [0, 0.1) is 0 Å². The smallest absolute Gasteiger partial charge is 0.410 e. The molecular weight excluding hydrogens is 460 g/mol. The number of carboxylic acids is 1. The SMILES string of the molecule is O=C(O)COc1ccc(-n2nccn2)cc1C1c2ccccc2CCN1C(=O)OCc1ccccc1. The summed E-state index contributed by atoms with van der Waals surface area (Å²) in [5.74, 6) is -0.738. The molecule has 36 heavy (non-hydrogen) atoms. The fraction of sp³-hybridized carbons (Fsp3) is 0.185. The van der Waals surface area contributed by atoms with E-state index in [9.17, 15) is 14.7 Å². The molecule has 0 saturated carbocycles. The van der Waals surface area contributed by atoms with Gasteiger partial charge in [-0.15, -0.1) is 0 Å². The van der Waals surface area contributed by atoms with E-state index in [0.717, 1.165) is 16.7 Å². The molecule has 182 valence electrons. The van der Waals surface area contributed by atoms with E-state index in [1.54, 1.807) is 29.4 Å².